The molecule has 0 spiro atoms. The summed E-state index contributed by atoms with van der Waals surface area (Å²) in [6, 6.07) is 10.4. The molecule has 0 saturated carbocycles. The first-order chi connectivity index (χ1) is 12.2. The zero-order chi connectivity index (χ0) is 19.3. The van der Waals surface area contributed by atoms with Gasteiger partial charge in [0.1, 0.15) is 5.82 Å². The molecule has 0 bridgehead atoms. The molecule has 26 heavy (non-hydrogen) atoms. The fourth-order valence-corrected chi connectivity index (χ4v) is 3.58. The van der Waals surface area contributed by atoms with Gasteiger partial charge in [-0.05, 0) is 42.5 Å². The molecular weight excluding hydrogens is 377 g/mol. The smallest absolute Gasteiger partial charge is 0.238 e. The van der Waals surface area contributed by atoms with Crippen LogP contribution in [0.2, 0.25) is 0 Å². The number of sulfonamides is 1. The third kappa shape index (κ3) is 5.72. The summed E-state index contributed by atoms with van der Waals surface area (Å²) in [7, 11) is -0.297. The summed E-state index contributed by atoms with van der Waals surface area (Å²) >= 11 is 1.43. The first-order valence-electron chi connectivity index (χ1n) is 7.69. The molecule has 0 aromatic heterocycles. The van der Waals surface area contributed by atoms with Gasteiger partial charge in [-0.1, -0.05) is 0 Å². The average Bonchev–Trinajstić information content (AvgIpc) is 2.55. The Kier molecular flexibility index (Phi) is 6.63. The minimum absolute atomic E-state index is 0.0703. The summed E-state index contributed by atoms with van der Waals surface area (Å²) in [5, 5.41) is 7.88. The lowest BCUT2D eigenvalue weighted by molar-refractivity contribution is -0.115. The Bertz CT molecular complexity index is 885. The van der Waals surface area contributed by atoms with Crippen LogP contribution in [0.1, 0.15) is 6.42 Å². The van der Waals surface area contributed by atoms with Crippen molar-refractivity contribution in [3.63, 3.8) is 0 Å². The summed E-state index contributed by atoms with van der Waals surface area (Å²) in [4.78, 5) is 14.8. The molecule has 9 heteroatoms. The fourth-order valence-electron chi connectivity index (χ4n) is 2.19. The number of halogens is 1. The van der Waals surface area contributed by atoms with Crippen LogP contribution in [0.15, 0.2) is 52.3 Å². The third-order valence-electron chi connectivity index (χ3n) is 3.46. The molecule has 0 saturated heterocycles. The van der Waals surface area contributed by atoms with E-state index in [1.54, 1.807) is 37.2 Å². The molecule has 0 atom stereocenters. The van der Waals surface area contributed by atoms with Crippen LogP contribution >= 0.6 is 11.8 Å². The molecule has 3 N–H and O–H groups in total. The third-order valence-corrected chi connectivity index (χ3v) is 5.39. The van der Waals surface area contributed by atoms with Crippen molar-refractivity contribution in [1.82, 2.24) is 0 Å². The standard InChI is InChI=1S/C17H20FN3O3S2/c1-21(2)16-8-7-14(26(19,23)24)11-15(16)20-17(22)9-10-25-13-5-3-12(18)4-6-13/h3-8,11H,9-10H2,1-2H3,(H,20,22)(H2,19,23,24). The number of benzene rings is 2. The van der Waals surface area contributed by atoms with Crippen LogP contribution in [-0.4, -0.2) is 34.2 Å². The fraction of sp³-hybridized carbons (Fsp3) is 0.235. The Balaban J connectivity index is 2.03. The molecule has 6 nitrogen and oxygen atoms in total. The molecule has 2 aromatic carbocycles. The lowest BCUT2D eigenvalue weighted by Crippen LogP contribution is -2.19. The number of nitrogens with one attached hydrogen (secondary N) is 1. The maximum Gasteiger partial charge on any atom is 0.238 e. The highest BCUT2D eigenvalue weighted by Crippen LogP contribution is 2.27. The largest absolute Gasteiger partial charge is 0.376 e. The number of nitrogens with two attached hydrogens (primary N) is 1. The summed E-state index contributed by atoms with van der Waals surface area (Å²) in [5.41, 5.74) is 1.04. The van der Waals surface area contributed by atoms with E-state index in [-0.39, 0.29) is 23.0 Å². The molecule has 1 amide bonds. The van der Waals surface area contributed by atoms with Crippen molar-refractivity contribution < 1.29 is 17.6 Å². The van der Waals surface area contributed by atoms with Gasteiger partial charge < -0.3 is 10.2 Å². The van der Waals surface area contributed by atoms with Crippen molar-refractivity contribution in [2.75, 3.05) is 30.1 Å². The zero-order valence-corrected chi connectivity index (χ0v) is 16.0. The number of hydrogen-bond donors (Lipinski definition) is 2. The van der Waals surface area contributed by atoms with Gasteiger partial charge in [-0.15, -0.1) is 11.8 Å². The van der Waals surface area contributed by atoms with Crippen LogP contribution in [0.5, 0.6) is 0 Å². The number of nitrogens with zero attached hydrogens (tertiary/aromatic N) is 1. The number of carbonyl (C=O) groups excluding carboxylic acids is 1. The summed E-state index contributed by atoms with van der Waals surface area (Å²) < 4.78 is 35.9. The van der Waals surface area contributed by atoms with Gasteiger partial charge in [-0.2, -0.15) is 0 Å². The SMILES string of the molecule is CN(C)c1ccc(S(N)(=O)=O)cc1NC(=O)CCSc1ccc(F)cc1. The Labute approximate surface area is 156 Å². The predicted molar refractivity (Wildman–Crippen MR) is 103 cm³/mol. The van der Waals surface area contributed by atoms with Crippen molar-refractivity contribution in [3.8, 4) is 0 Å². The van der Waals surface area contributed by atoms with Crippen molar-refractivity contribution in [3.05, 3.63) is 48.3 Å². The Hall–Kier alpha value is -2.10. The summed E-state index contributed by atoms with van der Waals surface area (Å²) in [6.45, 7) is 0. The first kappa shape index (κ1) is 20.2. The van der Waals surface area contributed by atoms with Crippen LogP contribution in [0.25, 0.3) is 0 Å². The number of anilines is 2. The molecule has 0 aliphatic carbocycles. The molecule has 2 aromatic rings. The Morgan fingerprint density at radius 2 is 1.85 bits per heavy atom. The Morgan fingerprint density at radius 3 is 2.42 bits per heavy atom. The van der Waals surface area contributed by atoms with Gasteiger partial charge in [-0.3, -0.25) is 4.79 Å². The van der Waals surface area contributed by atoms with E-state index in [1.165, 1.54) is 36.0 Å². The van der Waals surface area contributed by atoms with Crippen molar-refractivity contribution in [2.24, 2.45) is 5.14 Å². The number of carbonyl (C=O) groups is 1. The van der Waals surface area contributed by atoms with Gasteiger partial charge >= 0.3 is 0 Å². The van der Waals surface area contributed by atoms with E-state index in [0.717, 1.165) is 4.90 Å². The molecule has 0 radical (unpaired) electrons. The summed E-state index contributed by atoms with van der Waals surface area (Å²) in [5.74, 6) is -0.0590. The lowest BCUT2D eigenvalue weighted by Gasteiger charge is -2.18. The second-order valence-corrected chi connectivity index (χ2v) is 8.45. The number of hydrogen-bond acceptors (Lipinski definition) is 5. The van der Waals surface area contributed by atoms with Crippen LogP contribution in [0, 0.1) is 5.82 Å². The van der Waals surface area contributed by atoms with Crippen molar-refractivity contribution in [1.29, 1.82) is 0 Å². The topological polar surface area (TPSA) is 92.5 Å². The molecule has 0 heterocycles. The van der Waals surface area contributed by atoms with Crippen LogP contribution in [0.4, 0.5) is 15.8 Å². The molecule has 2 rings (SSSR count). The minimum atomic E-state index is -3.86. The number of primary sulfonamides is 1. The maximum absolute atomic E-state index is 12.9. The molecule has 140 valence electrons. The van der Waals surface area contributed by atoms with E-state index in [4.69, 9.17) is 5.14 Å². The van der Waals surface area contributed by atoms with E-state index < -0.39 is 10.0 Å². The molecule has 0 aliphatic heterocycles. The van der Waals surface area contributed by atoms with Crippen molar-refractivity contribution in [2.45, 2.75) is 16.2 Å². The van der Waals surface area contributed by atoms with E-state index >= 15 is 0 Å². The minimum Gasteiger partial charge on any atom is -0.376 e. The molecular formula is C17H20FN3O3S2. The van der Waals surface area contributed by atoms with Crippen LogP contribution in [-0.2, 0) is 14.8 Å². The Morgan fingerprint density at radius 1 is 1.19 bits per heavy atom. The highest BCUT2D eigenvalue weighted by molar-refractivity contribution is 7.99. The van der Waals surface area contributed by atoms with E-state index in [2.05, 4.69) is 5.32 Å². The number of thioether (sulfide) groups is 1. The number of rotatable bonds is 7. The van der Waals surface area contributed by atoms with Crippen molar-refractivity contribution >= 4 is 39.1 Å². The first-order valence-corrected chi connectivity index (χ1v) is 10.2. The lowest BCUT2D eigenvalue weighted by atomic mass is 10.2. The van der Waals surface area contributed by atoms with Crippen LogP contribution < -0.4 is 15.4 Å². The average molecular weight is 397 g/mol. The van der Waals surface area contributed by atoms with E-state index in [9.17, 15) is 17.6 Å². The summed E-state index contributed by atoms with van der Waals surface area (Å²) in [6.07, 6.45) is 0.217. The monoisotopic (exact) mass is 397 g/mol. The van der Waals surface area contributed by atoms with Gasteiger partial charge in [0, 0.05) is 31.2 Å². The van der Waals surface area contributed by atoms with Gasteiger partial charge in [-0.25, -0.2) is 17.9 Å². The van der Waals surface area contributed by atoms with E-state index in [0.29, 0.717) is 17.1 Å². The quantitative estimate of drug-likeness (QED) is 0.701. The second kappa shape index (κ2) is 8.52. The normalized spacial score (nSPS) is 11.2. The van der Waals surface area contributed by atoms with Gasteiger partial charge in [0.2, 0.25) is 15.9 Å². The zero-order valence-electron chi connectivity index (χ0n) is 14.4. The number of amides is 1. The van der Waals surface area contributed by atoms with Gasteiger partial charge in [0.05, 0.1) is 16.3 Å². The van der Waals surface area contributed by atoms with Gasteiger partial charge in [0.25, 0.3) is 0 Å². The highest BCUT2D eigenvalue weighted by atomic mass is 32.2. The van der Waals surface area contributed by atoms with Crippen LogP contribution in [0.3, 0.4) is 0 Å². The molecule has 0 fully saturated rings. The van der Waals surface area contributed by atoms with E-state index in [1.807, 2.05) is 0 Å². The second-order valence-electron chi connectivity index (χ2n) is 5.72. The molecule has 0 aliphatic rings. The highest BCUT2D eigenvalue weighted by Gasteiger charge is 2.14. The predicted octanol–water partition coefficient (Wildman–Crippen LogP) is 2.66. The van der Waals surface area contributed by atoms with Gasteiger partial charge in [0.15, 0.2) is 0 Å². The molecule has 0 unspecified atom stereocenters. The maximum atomic E-state index is 12.9.